The first-order chi connectivity index (χ1) is 8.09. The molecule has 0 aromatic rings. The van der Waals surface area contributed by atoms with Gasteiger partial charge in [0.05, 0.1) is 0 Å². The fourth-order valence-electron chi connectivity index (χ4n) is 3.32. The monoisotopic (exact) mass is 237 g/mol. The third-order valence-corrected chi connectivity index (χ3v) is 4.58. The van der Waals surface area contributed by atoms with Crippen molar-refractivity contribution in [3.05, 3.63) is 0 Å². The molecule has 1 aliphatic carbocycles. The van der Waals surface area contributed by atoms with Gasteiger partial charge in [-0.3, -0.25) is 4.79 Å². The standard InChI is InChI=1S/C15H27NO/c1-15(2)9-8-13(14(15)17)12-16-10-6-4-3-5-7-11-16/h13H,3-12H2,1-2H3. The molecule has 0 amide bonds. The van der Waals surface area contributed by atoms with Gasteiger partial charge in [0.1, 0.15) is 5.78 Å². The summed E-state index contributed by atoms with van der Waals surface area (Å²) >= 11 is 0. The molecule has 0 N–H and O–H groups in total. The Morgan fingerprint density at radius 2 is 1.71 bits per heavy atom. The molecule has 2 heteroatoms. The van der Waals surface area contributed by atoms with Crippen molar-refractivity contribution in [1.82, 2.24) is 4.90 Å². The minimum Gasteiger partial charge on any atom is -0.303 e. The van der Waals surface area contributed by atoms with E-state index in [1.807, 2.05) is 0 Å². The Morgan fingerprint density at radius 3 is 2.24 bits per heavy atom. The van der Waals surface area contributed by atoms with Crippen molar-refractivity contribution in [1.29, 1.82) is 0 Å². The first-order valence-electron chi connectivity index (χ1n) is 7.36. The zero-order valence-electron chi connectivity index (χ0n) is 11.5. The molecule has 1 saturated heterocycles. The molecule has 0 radical (unpaired) electrons. The van der Waals surface area contributed by atoms with E-state index in [1.54, 1.807) is 0 Å². The van der Waals surface area contributed by atoms with Crippen LogP contribution in [0.1, 0.15) is 58.8 Å². The van der Waals surface area contributed by atoms with Crippen LogP contribution in [0.2, 0.25) is 0 Å². The molecule has 0 spiro atoms. The molecule has 17 heavy (non-hydrogen) atoms. The summed E-state index contributed by atoms with van der Waals surface area (Å²) in [6.45, 7) is 7.68. The number of hydrogen-bond acceptors (Lipinski definition) is 2. The summed E-state index contributed by atoms with van der Waals surface area (Å²) < 4.78 is 0. The molecule has 0 aromatic heterocycles. The zero-order chi connectivity index (χ0) is 12.3. The van der Waals surface area contributed by atoms with Crippen LogP contribution in [0.3, 0.4) is 0 Å². The Balaban J connectivity index is 1.85. The van der Waals surface area contributed by atoms with Crippen molar-refractivity contribution in [2.24, 2.45) is 11.3 Å². The van der Waals surface area contributed by atoms with Crippen LogP contribution in [-0.2, 0) is 4.79 Å². The summed E-state index contributed by atoms with van der Waals surface area (Å²) in [5, 5.41) is 0. The predicted molar refractivity (Wildman–Crippen MR) is 71.0 cm³/mol. The van der Waals surface area contributed by atoms with E-state index >= 15 is 0 Å². The highest BCUT2D eigenvalue weighted by Crippen LogP contribution is 2.37. The fourth-order valence-corrected chi connectivity index (χ4v) is 3.32. The van der Waals surface area contributed by atoms with E-state index in [0.717, 1.165) is 19.4 Å². The van der Waals surface area contributed by atoms with Crippen LogP contribution in [-0.4, -0.2) is 30.3 Å². The van der Waals surface area contributed by atoms with Gasteiger partial charge in [-0.15, -0.1) is 0 Å². The van der Waals surface area contributed by atoms with E-state index in [2.05, 4.69) is 18.7 Å². The highest BCUT2D eigenvalue weighted by molar-refractivity contribution is 5.88. The third kappa shape index (κ3) is 3.31. The maximum atomic E-state index is 12.2. The maximum Gasteiger partial charge on any atom is 0.142 e. The zero-order valence-corrected chi connectivity index (χ0v) is 11.5. The highest BCUT2D eigenvalue weighted by atomic mass is 16.1. The molecule has 1 aliphatic heterocycles. The molecule has 0 bridgehead atoms. The number of ketones is 1. The Hall–Kier alpha value is -0.370. The second-order valence-electron chi connectivity index (χ2n) is 6.55. The molecule has 2 nitrogen and oxygen atoms in total. The largest absolute Gasteiger partial charge is 0.303 e. The highest BCUT2D eigenvalue weighted by Gasteiger charge is 2.40. The summed E-state index contributed by atoms with van der Waals surface area (Å²) in [5.41, 5.74) is -0.0482. The molecule has 2 rings (SSSR count). The van der Waals surface area contributed by atoms with Crippen LogP contribution in [0.25, 0.3) is 0 Å². The van der Waals surface area contributed by atoms with E-state index in [0.29, 0.717) is 11.7 Å². The van der Waals surface area contributed by atoms with Gasteiger partial charge in [-0.25, -0.2) is 0 Å². The quantitative estimate of drug-likeness (QED) is 0.734. The molecule has 0 aromatic carbocycles. The number of nitrogens with zero attached hydrogens (tertiary/aromatic N) is 1. The number of carbonyl (C=O) groups is 1. The van der Waals surface area contributed by atoms with Crippen LogP contribution in [0.15, 0.2) is 0 Å². The minimum atomic E-state index is -0.0482. The predicted octanol–water partition coefficient (Wildman–Crippen LogP) is 3.26. The van der Waals surface area contributed by atoms with Gasteiger partial charge in [0.15, 0.2) is 0 Å². The van der Waals surface area contributed by atoms with Gasteiger partial charge >= 0.3 is 0 Å². The van der Waals surface area contributed by atoms with Gasteiger partial charge in [-0.2, -0.15) is 0 Å². The van der Waals surface area contributed by atoms with Crippen LogP contribution >= 0.6 is 0 Å². The van der Waals surface area contributed by atoms with Crippen molar-refractivity contribution in [3.63, 3.8) is 0 Å². The Morgan fingerprint density at radius 1 is 1.12 bits per heavy atom. The van der Waals surface area contributed by atoms with E-state index in [-0.39, 0.29) is 5.41 Å². The summed E-state index contributed by atoms with van der Waals surface area (Å²) in [6, 6.07) is 0. The second-order valence-corrected chi connectivity index (χ2v) is 6.55. The van der Waals surface area contributed by atoms with Gasteiger partial charge in [-0.05, 0) is 38.8 Å². The maximum absolute atomic E-state index is 12.2. The number of rotatable bonds is 2. The van der Waals surface area contributed by atoms with Gasteiger partial charge in [0.25, 0.3) is 0 Å². The van der Waals surface area contributed by atoms with E-state index in [4.69, 9.17) is 0 Å². The van der Waals surface area contributed by atoms with Crippen molar-refractivity contribution in [3.8, 4) is 0 Å². The third-order valence-electron chi connectivity index (χ3n) is 4.58. The van der Waals surface area contributed by atoms with Crippen LogP contribution in [0.4, 0.5) is 0 Å². The first kappa shape index (κ1) is 13.1. The van der Waals surface area contributed by atoms with E-state index < -0.39 is 0 Å². The summed E-state index contributed by atoms with van der Waals surface area (Å²) in [5.74, 6) is 0.837. The van der Waals surface area contributed by atoms with E-state index in [9.17, 15) is 4.79 Å². The molecule has 1 saturated carbocycles. The molecule has 98 valence electrons. The Labute approximate surface area is 106 Å². The van der Waals surface area contributed by atoms with Gasteiger partial charge in [0.2, 0.25) is 0 Å². The summed E-state index contributed by atoms with van der Waals surface area (Å²) in [7, 11) is 0. The lowest BCUT2D eigenvalue weighted by Crippen LogP contribution is -2.35. The van der Waals surface area contributed by atoms with Crippen LogP contribution in [0, 0.1) is 11.3 Å². The topological polar surface area (TPSA) is 20.3 Å². The van der Waals surface area contributed by atoms with Gasteiger partial charge < -0.3 is 4.90 Å². The van der Waals surface area contributed by atoms with Crippen molar-refractivity contribution in [2.45, 2.75) is 58.8 Å². The van der Waals surface area contributed by atoms with Crippen molar-refractivity contribution >= 4 is 5.78 Å². The van der Waals surface area contributed by atoms with Crippen LogP contribution in [0.5, 0.6) is 0 Å². The van der Waals surface area contributed by atoms with Crippen molar-refractivity contribution in [2.75, 3.05) is 19.6 Å². The molecule has 2 aliphatic rings. The number of hydrogen-bond donors (Lipinski definition) is 0. The second kappa shape index (κ2) is 5.51. The molecule has 1 heterocycles. The van der Waals surface area contributed by atoms with Gasteiger partial charge in [-0.1, -0.05) is 33.1 Å². The Kier molecular flexibility index (Phi) is 4.24. The summed E-state index contributed by atoms with van der Waals surface area (Å²) in [6.07, 6.45) is 9.01. The molecular formula is C15H27NO. The fraction of sp³-hybridized carbons (Fsp3) is 0.933. The lowest BCUT2D eigenvalue weighted by atomic mass is 9.89. The molecule has 1 atom stereocenters. The number of carbonyl (C=O) groups excluding carboxylic acids is 1. The smallest absolute Gasteiger partial charge is 0.142 e. The van der Waals surface area contributed by atoms with Crippen LogP contribution < -0.4 is 0 Å². The lowest BCUT2D eigenvalue weighted by Gasteiger charge is -2.27. The SMILES string of the molecule is CC1(C)CCC(CN2CCCCCCC2)C1=O. The first-order valence-corrected chi connectivity index (χ1v) is 7.36. The molecule has 1 unspecified atom stereocenters. The normalized spacial score (nSPS) is 31.2. The van der Waals surface area contributed by atoms with E-state index in [1.165, 1.54) is 45.2 Å². The average Bonchev–Trinajstić information content (AvgIpc) is 2.48. The number of Topliss-reactive ketones (excluding diaryl/α,β-unsaturated/α-hetero) is 1. The average molecular weight is 237 g/mol. The minimum absolute atomic E-state index is 0.0482. The number of likely N-dealkylation sites (tertiary alicyclic amines) is 1. The van der Waals surface area contributed by atoms with Crippen molar-refractivity contribution < 1.29 is 4.79 Å². The Bertz CT molecular complexity index is 264. The lowest BCUT2D eigenvalue weighted by molar-refractivity contribution is -0.128. The van der Waals surface area contributed by atoms with Gasteiger partial charge in [0, 0.05) is 17.9 Å². The molecular weight excluding hydrogens is 210 g/mol. The summed E-state index contributed by atoms with van der Waals surface area (Å²) in [4.78, 5) is 14.8. The molecule has 2 fully saturated rings.